The van der Waals surface area contributed by atoms with E-state index in [1.165, 1.54) is 6.07 Å². The predicted molar refractivity (Wildman–Crippen MR) is 82.0 cm³/mol. The lowest BCUT2D eigenvalue weighted by Gasteiger charge is -2.14. The van der Waals surface area contributed by atoms with E-state index >= 15 is 0 Å². The zero-order valence-electron chi connectivity index (χ0n) is 11.2. The Kier molecular flexibility index (Phi) is 7.20. The van der Waals surface area contributed by atoms with Gasteiger partial charge < -0.3 is 5.32 Å². The molecule has 0 fully saturated rings. The maximum atomic E-state index is 10.9. The smallest absolute Gasteiger partial charge is 0.275 e. The molecule has 0 spiro atoms. The van der Waals surface area contributed by atoms with E-state index in [1.54, 1.807) is 12.1 Å². The molecule has 1 N–H and O–H groups in total. The zero-order valence-corrected chi connectivity index (χ0v) is 12.8. The summed E-state index contributed by atoms with van der Waals surface area (Å²) in [6, 6.07) is 5.09. The molecule has 1 rings (SSSR count). The molecule has 0 aliphatic heterocycles. The molecule has 0 heterocycles. The van der Waals surface area contributed by atoms with Gasteiger partial charge in [0.05, 0.1) is 15.5 Å². The van der Waals surface area contributed by atoms with E-state index in [9.17, 15) is 10.1 Å². The second-order valence-electron chi connectivity index (χ2n) is 4.26. The van der Waals surface area contributed by atoms with Gasteiger partial charge in [-0.25, -0.2) is 0 Å². The van der Waals surface area contributed by atoms with Crippen LogP contribution >= 0.6 is 23.4 Å². The number of nitrogens with zero attached hydrogens (tertiary/aromatic N) is 1. The summed E-state index contributed by atoms with van der Waals surface area (Å²) in [5, 5.41) is 14.7. The van der Waals surface area contributed by atoms with Gasteiger partial charge in [-0.1, -0.05) is 24.6 Å². The van der Waals surface area contributed by atoms with E-state index in [4.69, 9.17) is 11.6 Å². The van der Waals surface area contributed by atoms with Gasteiger partial charge in [0.25, 0.3) is 5.69 Å². The summed E-state index contributed by atoms with van der Waals surface area (Å²) < 4.78 is 0. The largest absolute Gasteiger partial charge is 0.310 e. The molecule has 0 aliphatic carbocycles. The first-order valence-electron chi connectivity index (χ1n) is 6.29. The topological polar surface area (TPSA) is 55.2 Å². The minimum atomic E-state index is -0.388. The van der Waals surface area contributed by atoms with Crippen molar-refractivity contribution in [2.24, 2.45) is 0 Å². The lowest BCUT2D eigenvalue weighted by molar-refractivity contribution is -0.385. The van der Waals surface area contributed by atoms with Crippen molar-refractivity contribution < 1.29 is 4.92 Å². The van der Waals surface area contributed by atoms with Crippen LogP contribution < -0.4 is 5.32 Å². The number of halogens is 1. The third-order valence-corrected chi connectivity index (χ3v) is 4.10. The molecular formula is C13H19ClN2O2S. The van der Waals surface area contributed by atoms with Crippen molar-refractivity contribution in [1.82, 2.24) is 5.32 Å². The lowest BCUT2D eigenvalue weighted by Crippen LogP contribution is -2.26. The second kappa shape index (κ2) is 8.40. The van der Waals surface area contributed by atoms with Crippen LogP contribution in [0.3, 0.4) is 0 Å². The summed E-state index contributed by atoms with van der Waals surface area (Å²) in [7, 11) is 0. The first kappa shape index (κ1) is 16.3. The minimum absolute atomic E-state index is 0.0788. The van der Waals surface area contributed by atoms with Gasteiger partial charge in [-0.2, -0.15) is 11.8 Å². The van der Waals surface area contributed by atoms with Gasteiger partial charge in [-0.05, 0) is 30.9 Å². The van der Waals surface area contributed by atoms with E-state index in [2.05, 4.69) is 19.2 Å². The normalized spacial score (nSPS) is 12.4. The summed E-state index contributed by atoms with van der Waals surface area (Å²) in [4.78, 5) is 10.6. The lowest BCUT2D eigenvalue weighted by atomic mass is 10.1. The Morgan fingerprint density at radius 2 is 2.26 bits per heavy atom. The highest BCUT2D eigenvalue weighted by molar-refractivity contribution is 7.99. The predicted octanol–water partition coefficient (Wildman–Crippen LogP) is 3.87. The van der Waals surface area contributed by atoms with Gasteiger partial charge in [0.1, 0.15) is 0 Å². The first-order valence-corrected chi connectivity index (χ1v) is 7.82. The van der Waals surface area contributed by atoms with E-state index in [1.807, 2.05) is 11.8 Å². The SMILES string of the molecule is CCSCCC(C)NCc1c(Cl)cccc1[N+](=O)[O-]. The van der Waals surface area contributed by atoms with Gasteiger partial charge in [-0.3, -0.25) is 10.1 Å². The molecular weight excluding hydrogens is 284 g/mol. The molecule has 0 radical (unpaired) electrons. The number of hydrogen-bond donors (Lipinski definition) is 1. The number of nitro groups is 1. The van der Waals surface area contributed by atoms with Crippen LogP contribution in [0, 0.1) is 10.1 Å². The monoisotopic (exact) mass is 302 g/mol. The van der Waals surface area contributed by atoms with Crippen molar-refractivity contribution in [2.45, 2.75) is 32.9 Å². The Hall–Kier alpha value is -0.780. The number of nitro benzene ring substituents is 1. The van der Waals surface area contributed by atoms with Crippen molar-refractivity contribution in [2.75, 3.05) is 11.5 Å². The third kappa shape index (κ3) is 5.38. The zero-order chi connectivity index (χ0) is 14.3. The molecule has 0 aliphatic rings. The maximum Gasteiger partial charge on any atom is 0.275 e. The molecule has 0 saturated heterocycles. The highest BCUT2D eigenvalue weighted by Gasteiger charge is 2.16. The number of benzene rings is 1. The maximum absolute atomic E-state index is 10.9. The number of thioether (sulfide) groups is 1. The number of hydrogen-bond acceptors (Lipinski definition) is 4. The van der Waals surface area contributed by atoms with E-state index in [-0.39, 0.29) is 10.6 Å². The molecule has 0 aromatic heterocycles. The van der Waals surface area contributed by atoms with Crippen molar-refractivity contribution in [3.63, 3.8) is 0 Å². The van der Waals surface area contributed by atoms with Crippen LogP contribution in [0.25, 0.3) is 0 Å². The Labute approximate surface area is 123 Å². The van der Waals surface area contributed by atoms with Crippen LogP contribution in [0.4, 0.5) is 5.69 Å². The van der Waals surface area contributed by atoms with Crippen molar-refractivity contribution in [3.8, 4) is 0 Å². The van der Waals surface area contributed by atoms with Crippen LogP contribution in [-0.2, 0) is 6.54 Å². The highest BCUT2D eigenvalue weighted by atomic mass is 35.5. The molecule has 1 unspecified atom stereocenters. The van der Waals surface area contributed by atoms with Gasteiger partial charge >= 0.3 is 0 Å². The van der Waals surface area contributed by atoms with Crippen LogP contribution in [-0.4, -0.2) is 22.5 Å². The second-order valence-corrected chi connectivity index (χ2v) is 6.06. The van der Waals surface area contributed by atoms with Gasteiger partial charge in [0.15, 0.2) is 0 Å². The molecule has 1 aromatic carbocycles. The average Bonchev–Trinajstić information content (AvgIpc) is 2.37. The molecule has 0 amide bonds. The van der Waals surface area contributed by atoms with Gasteiger partial charge in [0, 0.05) is 18.7 Å². The van der Waals surface area contributed by atoms with Crippen molar-refractivity contribution in [1.29, 1.82) is 0 Å². The van der Waals surface area contributed by atoms with Crippen LogP contribution in [0.15, 0.2) is 18.2 Å². The standard InChI is InChI=1S/C13H19ClN2O2S/c1-3-19-8-7-10(2)15-9-11-12(14)5-4-6-13(11)16(17)18/h4-6,10,15H,3,7-9H2,1-2H3. The fourth-order valence-corrected chi connectivity index (χ4v) is 2.72. The summed E-state index contributed by atoms with van der Waals surface area (Å²) in [6.45, 7) is 4.64. The van der Waals surface area contributed by atoms with E-state index in [0.29, 0.717) is 23.2 Å². The van der Waals surface area contributed by atoms with E-state index < -0.39 is 0 Å². The van der Waals surface area contributed by atoms with Crippen LogP contribution in [0.5, 0.6) is 0 Å². The molecule has 1 aromatic rings. The van der Waals surface area contributed by atoms with Crippen LogP contribution in [0.1, 0.15) is 25.8 Å². The number of rotatable bonds is 8. The Morgan fingerprint density at radius 1 is 1.53 bits per heavy atom. The molecule has 0 saturated carbocycles. The van der Waals surface area contributed by atoms with Gasteiger partial charge in [0.2, 0.25) is 0 Å². The quantitative estimate of drug-likeness (QED) is 0.450. The highest BCUT2D eigenvalue weighted by Crippen LogP contribution is 2.26. The molecule has 6 heteroatoms. The van der Waals surface area contributed by atoms with Gasteiger partial charge in [-0.15, -0.1) is 0 Å². The Bertz CT molecular complexity index is 429. The Morgan fingerprint density at radius 3 is 2.89 bits per heavy atom. The summed E-state index contributed by atoms with van der Waals surface area (Å²) in [5.74, 6) is 2.21. The summed E-state index contributed by atoms with van der Waals surface area (Å²) in [6.07, 6.45) is 1.04. The van der Waals surface area contributed by atoms with Crippen LogP contribution in [0.2, 0.25) is 5.02 Å². The summed E-state index contributed by atoms with van der Waals surface area (Å²) in [5.41, 5.74) is 0.638. The fourth-order valence-electron chi connectivity index (χ4n) is 1.68. The molecule has 106 valence electrons. The third-order valence-electron chi connectivity index (χ3n) is 2.82. The average molecular weight is 303 g/mol. The van der Waals surface area contributed by atoms with Crippen molar-refractivity contribution >= 4 is 29.1 Å². The molecule has 4 nitrogen and oxygen atoms in total. The number of nitrogens with one attached hydrogen (secondary N) is 1. The molecule has 19 heavy (non-hydrogen) atoms. The molecule has 1 atom stereocenters. The summed E-state index contributed by atoms with van der Waals surface area (Å²) >= 11 is 7.93. The fraction of sp³-hybridized carbons (Fsp3) is 0.538. The Balaban J connectivity index is 2.59. The first-order chi connectivity index (χ1) is 9.06. The van der Waals surface area contributed by atoms with Crippen molar-refractivity contribution in [3.05, 3.63) is 38.9 Å². The minimum Gasteiger partial charge on any atom is -0.310 e. The van der Waals surface area contributed by atoms with E-state index in [0.717, 1.165) is 17.9 Å². The molecule has 0 bridgehead atoms.